The number of methoxy groups -OCH3 is 1. The summed E-state index contributed by atoms with van der Waals surface area (Å²) in [4.78, 5) is 24.2. The molecule has 0 heterocycles. The molecule has 0 aromatic heterocycles. The van der Waals surface area contributed by atoms with E-state index in [-0.39, 0.29) is 5.91 Å². The van der Waals surface area contributed by atoms with E-state index in [9.17, 15) is 9.59 Å². The van der Waals surface area contributed by atoms with E-state index in [0.29, 0.717) is 35.8 Å². The molecule has 0 saturated carbocycles. The van der Waals surface area contributed by atoms with Crippen molar-refractivity contribution in [2.45, 2.75) is 26.4 Å². The van der Waals surface area contributed by atoms with Gasteiger partial charge in [0.05, 0.1) is 19.3 Å². The number of carbonyl (C=O) groups is 2. The SMILES string of the molecule is CCOC(=O)c1ccc(NC(=O)[C@@H](CC)Oc2ccccc2OC)cc1. The van der Waals surface area contributed by atoms with Gasteiger partial charge in [0.25, 0.3) is 5.91 Å². The Labute approximate surface area is 153 Å². The summed E-state index contributed by atoms with van der Waals surface area (Å²) in [7, 11) is 1.55. The molecule has 2 aromatic rings. The molecule has 1 N–H and O–H groups in total. The van der Waals surface area contributed by atoms with E-state index in [4.69, 9.17) is 14.2 Å². The molecule has 0 aliphatic rings. The van der Waals surface area contributed by atoms with Gasteiger partial charge < -0.3 is 19.5 Å². The van der Waals surface area contributed by atoms with Crippen LogP contribution in [0.5, 0.6) is 11.5 Å². The summed E-state index contributed by atoms with van der Waals surface area (Å²) in [6, 6.07) is 13.7. The lowest BCUT2D eigenvalue weighted by Crippen LogP contribution is -2.32. The van der Waals surface area contributed by atoms with Crippen LogP contribution in [0, 0.1) is 0 Å². The first-order chi connectivity index (χ1) is 12.6. The van der Waals surface area contributed by atoms with Gasteiger partial charge in [0.1, 0.15) is 0 Å². The lowest BCUT2D eigenvalue weighted by atomic mass is 10.2. The molecule has 2 aromatic carbocycles. The van der Waals surface area contributed by atoms with Crippen LogP contribution >= 0.6 is 0 Å². The minimum Gasteiger partial charge on any atom is -0.493 e. The Morgan fingerprint density at radius 2 is 1.65 bits per heavy atom. The minimum absolute atomic E-state index is 0.276. The second-order valence-electron chi connectivity index (χ2n) is 5.45. The molecule has 1 amide bonds. The maximum absolute atomic E-state index is 12.5. The third-order valence-electron chi connectivity index (χ3n) is 3.67. The van der Waals surface area contributed by atoms with Crippen molar-refractivity contribution in [3.63, 3.8) is 0 Å². The Morgan fingerprint density at radius 1 is 1.00 bits per heavy atom. The highest BCUT2D eigenvalue weighted by molar-refractivity contribution is 5.95. The van der Waals surface area contributed by atoms with Crippen LogP contribution in [0.15, 0.2) is 48.5 Å². The maximum Gasteiger partial charge on any atom is 0.338 e. The quantitative estimate of drug-likeness (QED) is 0.730. The Kier molecular flexibility index (Phi) is 7.02. The monoisotopic (exact) mass is 357 g/mol. The fourth-order valence-corrected chi connectivity index (χ4v) is 2.32. The third kappa shape index (κ3) is 4.99. The Hall–Kier alpha value is -3.02. The maximum atomic E-state index is 12.5. The van der Waals surface area contributed by atoms with Crippen LogP contribution in [0.3, 0.4) is 0 Å². The standard InChI is InChI=1S/C20H23NO5/c1-4-16(26-18-9-7-6-8-17(18)24-3)19(22)21-15-12-10-14(11-13-15)20(23)25-5-2/h6-13,16H,4-5H2,1-3H3,(H,21,22)/t16-/m1/s1. The number of anilines is 1. The molecule has 6 heteroatoms. The van der Waals surface area contributed by atoms with Crippen LogP contribution in [0.25, 0.3) is 0 Å². The van der Waals surface area contributed by atoms with E-state index < -0.39 is 12.1 Å². The van der Waals surface area contributed by atoms with Gasteiger partial charge in [0, 0.05) is 5.69 Å². The lowest BCUT2D eigenvalue weighted by Gasteiger charge is -2.19. The molecule has 0 saturated heterocycles. The predicted molar refractivity (Wildman–Crippen MR) is 98.7 cm³/mol. The largest absolute Gasteiger partial charge is 0.493 e. The van der Waals surface area contributed by atoms with Crippen LogP contribution in [-0.4, -0.2) is 31.7 Å². The molecule has 0 spiro atoms. The smallest absolute Gasteiger partial charge is 0.338 e. The predicted octanol–water partition coefficient (Wildman–Crippen LogP) is 3.67. The fourth-order valence-electron chi connectivity index (χ4n) is 2.32. The van der Waals surface area contributed by atoms with Crippen LogP contribution in [0.4, 0.5) is 5.69 Å². The van der Waals surface area contributed by atoms with Crippen LogP contribution in [0.2, 0.25) is 0 Å². The fraction of sp³-hybridized carbons (Fsp3) is 0.300. The van der Waals surface area contributed by atoms with Gasteiger partial charge in [0.15, 0.2) is 17.6 Å². The minimum atomic E-state index is -0.670. The highest BCUT2D eigenvalue weighted by Gasteiger charge is 2.20. The van der Waals surface area contributed by atoms with E-state index in [1.54, 1.807) is 50.4 Å². The Morgan fingerprint density at radius 3 is 2.23 bits per heavy atom. The molecule has 2 rings (SSSR count). The molecule has 0 fully saturated rings. The van der Waals surface area contributed by atoms with Gasteiger partial charge in [-0.3, -0.25) is 4.79 Å². The topological polar surface area (TPSA) is 73.9 Å². The number of amides is 1. The van der Waals surface area contributed by atoms with Crippen molar-refractivity contribution < 1.29 is 23.8 Å². The van der Waals surface area contributed by atoms with E-state index >= 15 is 0 Å². The van der Waals surface area contributed by atoms with Gasteiger partial charge >= 0.3 is 5.97 Å². The van der Waals surface area contributed by atoms with Crippen molar-refractivity contribution in [2.75, 3.05) is 19.0 Å². The number of hydrogen-bond acceptors (Lipinski definition) is 5. The molecule has 0 aliphatic heterocycles. The number of rotatable bonds is 8. The zero-order valence-corrected chi connectivity index (χ0v) is 15.2. The molecule has 1 atom stereocenters. The molecule has 0 aliphatic carbocycles. The Bertz CT molecular complexity index is 742. The van der Waals surface area contributed by atoms with Gasteiger partial charge in [-0.25, -0.2) is 4.79 Å². The van der Waals surface area contributed by atoms with E-state index in [1.807, 2.05) is 19.1 Å². The summed E-state index contributed by atoms with van der Waals surface area (Å²) in [5.41, 5.74) is 1.01. The molecule has 0 unspecified atom stereocenters. The number of ether oxygens (including phenoxy) is 3. The normalized spacial score (nSPS) is 11.3. The van der Waals surface area contributed by atoms with Crippen molar-refractivity contribution in [2.24, 2.45) is 0 Å². The van der Waals surface area contributed by atoms with E-state index in [2.05, 4.69) is 5.32 Å². The molecular formula is C20H23NO5. The second-order valence-corrected chi connectivity index (χ2v) is 5.45. The molecule has 138 valence electrons. The van der Waals surface area contributed by atoms with Gasteiger partial charge in [-0.1, -0.05) is 19.1 Å². The van der Waals surface area contributed by atoms with Crippen molar-refractivity contribution in [1.29, 1.82) is 0 Å². The summed E-state index contributed by atoms with van der Waals surface area (Å²) in [5, 5.41) is 2.79. The van der Waals surface area contributed by atoms with Gasteiger partial charge in [0.2, 0.25) is 0 Å². The zero-order valence-electron chi connectivity index (χ0n) is 15.2. The summed E-state index contributed by atoms with van der Waals surface area (Å²) in [5.74, 6) is 0.408. The first-order valence-electron chi connectivity index (χ1n) is 8.46. The first-order valence-corrected chi connectivity index (χ1v) is 8.46. The van der Waals surface area contributed by atoms with Gasteiger partial charge in [-0.05, 0) is 49.7 Å². The van der Waals surface area contributed by atoms with Crippen molar-refractivity contribution in [3.05, 3.63) is 54.1 Å². The molecular weight excluding hydrogens is 334 g/mol. The van der Waals surface area contributed by atoms with E-state index in [1.165, 1.54) is 0 Å². The average Bonchev–Trinajstić information content (AvgIpc) is 2.67. The van der Waals surface area contributed by atoms with Crippen molar-refractivity contribution >= 4 is 17.6 Å². The number of benzene rings is 2. The Balaban J connectivity index is 2.03. The lowest BCUT2D eigenvalue weighted by molar-refractivity contribution is -0.122. The van der Waals surface area contributed by atoms with Crippen LogP contribution < -0.4 is 14.8 Å². The van der Waals surface area contributed by atoms with Gasteiger partial charge in [-0.15, -0.1) is 0 Å². The zero-order chi connectivity index (χ0) is 18.9. The van der Waals surface area contributed by atoms with Crippen LogP contribution in [0.1, 0.15) is 30.6 Å². The summed E-state index contributed by atoms with van der Waals surface area (Å²) < 4.78 is 16.0. The van der Waals surface area contributed by atoms with Crippen molar-refractivity contribution in [3.8, 4) is 11.5 Å². The molecule has 6 nitrogen and oxygen atoms in total. The van der Waals surface area contributed by atoms with Crippen LogP contribution in [-0.2, 0) is 9.53 Å². The highest BCUT2D eigenvalue weighted by Crippen LogP contribution is 2.27. The first kappa shape index (κ1) is 19.3. The number of para-hydroxylation sites is 2. The summed E-state index contributed by atoms with van der Waals surface area (Å²) in [6.07, 6.45) is -0.179. The molecule has 0 bridgehead atoms. The van der Waals surface area contributed by atoms with E-state index in [0.717, 1.165) is 0 Å². The number of carbonyl (C=O) groups excluding carboxylic acids is 2. The molecule has 0 radical (unpaired) electrons. The van der Waals surface area contributed by atoms with Crippen molar-refractivity contribution in [1.82, 2.24) is 0 Å². The second kappa shape index (κ2) is 9.46. The third-order valence-corrected chi connectivity index (χ3v) is 3.67. The van der Waals surface area contributed by atoms with Gasteiger partial charge in [-0.2, -0.15) is 0 Å². The number of hydrogen-bond donors (Lipinski definition) is 1. The number of esters is 1. The number of nitrogens with one attached hydrogen (secondary N) is 1. The highest BCUT2D eigenvalue weighted by atomic mass is 16.5. The molecule has 26 heavy (non-hydrogen) atoms. The summed E-state index contributed by atoms with van der Waals surface area (Å²) >= 11 is 0. The summed E-state index contributed by atoms with van der Waals surface area (Å²) in [6.45, 7) is 3.93. The average molecular weight is 357 g/mol.